The van der Waals surface area contributed by atoms with Crippen molar-refractivity contribution in [1.82, 2.24) is 20.0 Å². The molecule has 0 bridgehead atoms. The molecule has 4 rings (SSSR count). The van der Waals surface area contributed by atoms with Gasteiger partial charge < -0.3 is 9.21 Å². The molecule has 0 spiro atoms. The Morgan fingerprint density at radius 3 is 2.79 bits per heavy atom. The highest BCUT2D eigenvalue weighted by Crippen LogP contribution is 2.39. The molecule has 0 saturated carbocycles. The first-order valence-corrected chi connectivity index (χ1v) is 10.0. The number of aromatic nitrogens is 4. The van der Waals surface area contributed by atoms with Crippen LogP contribution in [0.15, 0.2) is 22.1 Å². The van der Waals surface area contributed by atoms with Gasteiger partial charge in [-0.1, -0.05) is 38.5 Å². The third-order valence-corrected chi connectivity index (χ3v) is 6.24. The molecule has 2 aromatic heterocycles. The Morgan fingerprint density at radius 1 is 1.32 bits per heavy atom. The van der Waals surface area contributed by atoms with Crippen molar-refractivity contribution in [3.63, 3.8) is 0 Å². The third kappa shape index (κ3) is 3.25. The van der Waals surface area contributed by atoms with E-state index in [9.17, 15) is 4.79 Å². The summed E-state index contributed by atoms with van der Waals surface area (Å²) in [4.78, 5) is 10.9. The lowest BCUT2D eigenvalue weighted by Crippen LogP contribution is -2.23. The molecule has 0 radical (unpaired) electrons. The lowest BCUT2D eigenvalue weighted by atomic mass is 9.76. The maximum atomic E-state index is 10.9. The van der Waals surface area contributed by atoms with E-state index < -0.39 is 0 Å². The second-order valence-electron chi connectivity index (χ2n) is 9.03. The fraction of sp³-hybridized carbons (Fsp3) is 0.545. The van der Waals surface area contributed by atoms with E-state index in [1.54, 1.807) is 0 Å². The zero-order valence-electron chi connectivity index (χ0n) is 17.3. The molecule has 0 saturated heterocycles. The van der Waals surface area contributed by atoms with Crippen LogP contribution < -0.4 is 0 Å². The van der Waals surface area contributed by atoms with E-state index >= 15 is 0 Å². The van der Waals surface area contributed by atoms with Crippen LogP contribution in [0.3, 0.4) is 0 Å². The lowest BCUT2D eigenvalue weighted by molar-refractivity contribution is -0.108. The maximum absolute atomic E-state index is 10.9. The minimum atomic E-state index is 0.245. The van der Waals surface area contributed by atoms with E-state index in [0.717, 1.165) is 36.8 Å². The summed E-state index contributed by atoms with van der Waals surface area (Å²) in [6.07, 6.45) is 8.83. The van der Waals surface area contributed by atoms with Gasteiger partial charge in [0, 0.05) is 30.3 Å². The van der Waals surface area contributed by atoms with Crippen molar-refractivity contribution in [1.29, 1.82) is 0 Å². The van der Waals surface area contributed by atoms with Gasteiger partial charge in [-0.2, -0.15) is 5.10 Å². The smallest absolute Gasteiger partial charge is 0.268 e. The molecule has 148 valence electrons. The van der Waals surface area contributed by atoms with Gasteiger partial charge in [0.2, 0.25) is 5.89 Å². The third-order valence-electron chi connectivity index (χ3n) is 6.24. The first-order chi connectivity index (χ1) is 13.3. The molecular weight excluding hydrogens is 352 g/mol. The second-order valence-corrected chi connectivity index (χ2v) is 9.03. The Kier molecular flexibility index (Phi) is 4.60. The number of rotatable bonds is 4. The van der Waals surface area contributed by atoms with Crippen LogP contribution in [0.4, 0.5) is 0 Å². The van der Waals surface area contributed by atoms with E-state index in [0.29, 0.717) is 23.6 Å². The summed E-state index contributed by atoms with van der Waals surface area (Å²) in [6.45, 7) is 8.79. The second kappa shape index (κ2) is 6.83. The zero-order valence-corrected chi connectivity index (χ0v) is 17.3. The van der Waals surface area contributed by atoms with E-state index in [-0.39, 0.29) is 11.8 Å². The standard InChI is InChI=1S/C22H28N4O2/c1-13-10-15(11-14(2)16(13)7-9-27)20-23-24-21(28-20)19-17-6-8-22(3,4)12-18(17)26(5)25-19/h9-11,13,16H,6-8,12H2,1-5H3. The van der Waals surface area contributed by atoms with Crippen LogP contribution in [0.1, 0.15) is 57.7 Å². The van der Waals surface area contributed by atoms with Crippen LogP contribution in [0.2, 0.25) is 0 Å². The number of aldehydes is 1. The Hall–Kier alpha value is -2.50. The van der Waals surface area contributed by atoms with Crippen molar-refractivity contribution in [2.24, 2.45) is 24.3 Å². The van der Waals surface area contributed by atoms with Gasteiger partial charge in [0.1, 0.15) is 6.29 Å². The quantitative estimate of drug-likeness (QED) is 0.744. The average molecular weight is 380 g/mol. The molecule has 2 aromatic rings. The van der Waals surface area contributed by atoms with E-state index in [2.05, 4.69) is 50.0 Å². The molecule has 0 aliphatic heterocycles. The van der Waals surface area contributed by atoms with Crippen molar-refractivity contribution in [3.8, 4) is 11.6 Å². The zero-order chi connectivity index (χ0) is 20.1. The van der Waals surface area contributed by atoms with Gasteiger partial charge >= 0.3 is 0 Å². The summed E-state index contributed by atoms with van der Waals surface area (Å²) in [7, 11) is 1.99. The van der Waals surface area contributed by atoms with E-state index in [4.69, 9.17) is 9.52 Å². The van der Waals surface area contributed by atoms with E-state index in [1.807, 2.05) is 11.7 Å². The van der Waals surface area contributed by atoms with Gasteiger partial charge in [-0.3, -0.25) is 4.68 Å². The van der Waals surface area contributed by atoms with Gasteiger partial charge in [-0.25, -0.2) is 0 Å². The molecule has 2 aliphatic carbocycles. The van der Waals surface area contributed by atoms with Gasteiger partial charge in [0.05, 0.1) is 0 Å². The largest absolute Gasteiger partial charge is 0.415 e. The van der Waals surface area contributed by atoms with Crippen molar-refractivity contribution in [2.75, 3.05) is 0 Å². The van der Waals surface area contributed by atoms with E-state index in [1.165, 1.54) is 16.8 Å². The maximum Gasteiger partial charge on any atom is 0.268 e. The summed E-state index contributed by atoms with van der Waals surface area (Å²) in [5.74, 6) is 1.50. The monoisotopic (exact) mass is 380 g/mol. The molecule has 2 aliphatic rings. The summed E-state index contributed by atoms with van der Waals surface area (Å²) < 4.78 is 8.02. The number of allylic oxidation sites excluding steroid dienone is 4. The molecule has 0 aromatic carbocycles. The van der Waals surface area contributed by atoms with Crippen LogP contribution >= 0.6 is 0 Å². The topological polar surface area (TPSA) is 73.8 Å². The summed E-state index contributed by atoms with van der Waals surface area (Å²) in [5.41, 5.74) is 5.72. The highest BCUT2D eigenvalue weighted by molar-refractivity contribution is 5.72. The highest BCUT2D eigenvalue weighted by Gasteiger charge is 2.32. The Morgan fingerprint density at radius 2 is 2.07 bits per heavy atom. The number of carbonyl (C=O) groups is 1. The highest BCUT2D eigenvalue weighted by atomic mass is 16.4. The fourth-order valence-corrected chi connectivity index (χ4v) is 4.55. The molecule has 0 fully saturated rings. The molecule has 6 heteroatoms. The predicted octanol–water partition coefficient (Wildman–Crippen LogP) is 4.17. The normalized spacial score (nSPS) is 23.8. The first-order valence-electron chi connectivity index (χ1n) is 10.0. The number of carbonyl (C=O) groups excluding carboxylic acids is 1. The van der Waals surface area contributed by atoms with Crippen LogP contribution in [-0.4, -0.2) is 26.3 Å². The van der Waals surface area contributed by atoms with Crippen LogP contribution in [0, 0.1) is 17.3 Å². The van der Waals surface area contributed by atoms with Crippen LogP contribution in [-0.2, 0) is 24.7 Å². The van der Waals surface area contributed by atoms with Gasteiger partial charge in [0.15, 0.2) is 5.69 Å². The van der Waals surface area contributed by atoms with Crippen LogP contribution in [0.5, 0.6) is 0 Å². The number of hydrogen-bond donors (Lipinski definition) is 0. The molecular formula is C22H28N4O2. The summed E-state index contributed by atoms with van der Waals surface area (Å²) >= 11 is 0. The first kappa shape index (κ1) is 18.8. The van der Waals surface area contributed by atoms with Gasteiger partial charge in [0.25, 0.3) is 5.89 Å². The lowest BCUT2D eigenvalue weighted by Gasteiger charge is -2.29. The fourth-order valence-electron chi connectivity index (χ4n) is 4.55. The van der Waals surface area contributed by atoms with Gasteiger partial charge in [-0.05, 0) is 43.4 Å². The van der Waals surface area contributed by atoms with Gasteiger partial charge in [-0.15, -0.1) is 10.2 Å². The molecule has 2 heterocycles. The average Bonchev–Trinajstić information content (AvgIpc) is 3.22. The summed E-state index contributed by atoms with van der Waals surface area (Å²) in [6, 6.07) is 0. The number of nitrogens with zero attached hydrogens (tertiary/aromatic N) is 4. The SMILES string of the molecule is CC1=CC(c2nnc(-c3nn(C)c4c3CCC(C)(C)C4)o2)=CC(C)C1CC=O. The molecule has 2 atom stereocenters. The summed E-state index contributed by atoms with van der Waals surface area (Å²) in [5, 5.41) is 13.3. The van der Waals surface area contributed by atoms with Crippen molar-refractivity contribution in [2.45, 2.75) is 53.4 Å². The molecule has 0 amide bonds. The van der Waals surface area contributed by atoms with Crippen molar-refractivity contribution < 1.29 is 9.21 Å². The Labute approximate surface area is 165 Å². The number of hydrogen-bond acceptors (Lipinski definition) is 5. The number of fused-ring (bicyclic) bond motifs is 1. The Bertz CT molecular complexity index is 977. The molecule has 0 N–H and O–H groups in total. The van der Waals surface area contributed by atoms with Crippen LogP contribution in [0.25, 0.3) is 17.2 Å². The minimum Gasteiger partial charge on any atom is -0.415 e. The minimum absolute atomic E-state index is 0.245. The number of aryl methyl sites for hydroxylation is 1. The molecule has 28 heavy (non-hydrogen) atoms. The predicted molar refractivity (Wildman–Crippen MR) is 107 cm³/mol. The molecule has 6 nitrogen and oxygen atoms in total. The van der Waals surface area contributed by atoms with Crippen molar-refractivity contribution in [3.05, 3.63) is 34.9 Å². The van der Waals surface area contributed by atoms with Crippen molar-refractivity contribution >= 4 is 11.9 Å². The Balaban J connectivity index is 1.65. The molecule has 2 unspecified atom stereocenters.